The Labute approximate surface area is 463 Å². The predicted molar refractivity (Wildman–Crippen MR) is 300 cm³/mol. The van der Waals surface area contributed by atoms with E-state index in [-0.39, 0.29) is 51.5 Å². The van der Waals surface area contributed by atoms with Crippen molar-refractivity contribution < 1.29 is 71.1 Å². The number of carboxylic acid groups (broad SMARTS) is 1. The zero-order valence-electron chi connectivity index (χ0n) is 45.7. The lowest BCUT2D eigenvalue weighted by Crippen LogP contribution is -2.51. The van der Waals surface area contributed by atoms with Crippen molar-refractivity contribution in [3.05, 3.63) is 179 Å². The SMILES string of the molecule is CCC(C)ON(C[C@@H](O)[C@@H](N)Cc1ccccc1)S(=O)(=O)c1ccc(OC)cc1.CCC(C)ON(C[C@@H](O)[C@H](Cc1ccccc1)NC(=O)c1cccc(O)c1C)S(=O)(=O)c1ccc(OC)cc1.Cc1c(O)cccc1C(=O)O. The molecule has 0 aliphatic carbocycles. The third-order valence-corrected chi connectivity index (χ3v) is 15.9. The van der Waals surface area contributed by atoms with Gasteiger partial charge in [-0.1, -0.05) is 95.6 Å². The number of rotatable bonds is 25. The van der Waals surface area contributed by atoms with E-state index in [0.29, 0.717) is 41.9 Å². The van der Waals surface area contributed by atoms with Crippen LogP contribution in [0.5, 0.6) is 23.0 Å². The lowest BCUT2D eigenvalue weighted by atomic mass is 10.00. The van der Waals surface area contributed by atoms with Crippen LogP contribution in [0, 0.1) is 13.8 Å². The number of benzene rings is 6. The first-order valence-electron chi connectivity index (χ1n) is 25.4. The highest BCUT2D eigenvalue weighted by Gasteiger charge is 2.34. The second kappa shape index (κ2) is 31.0. The summed E-state index contributed by atoms with van der Waals surface area (Å²) in [4.78, 5) is 35.1. The molecule has 6 atom stereocenters. The van der Waals surface area contributed by atoms with Crippen LogP contribution in [0.3, 0.4) is 0 Å². The van der Waals surface area contributed by atoms with Gasteiger partial charge in [0, 0.05) is 22.7 Å². The molecule has 6 aromatic rings. The molecule has 0 saturated heterocycles. The Hall–Kier alpha value is -6.92. The van der Waals surface area contributed by atoms with E-state index < -0.39 is 68.9 Å². The summed E-state index contributed by atoms with van der Waals surface area (Å²) in [5.41, 5.74) is 9.13. The van der Waals surface area contributed by atoms with Crippen molar-refractivity contribution in [2.45, 2.75) is 114 Å². The highest BCUT2D eigenvalue weighted by atomic mass is 32.2. The Morgan fingerprint density at radius 2 is 0.962 bits per heavy atom. The van der Waals surface area contributed by atoms with Gasteiger partial charge >= 0.3 is 5.97 Å². The maximum absolute atomic E-state index is 13.6. The molecular formula is C58H74N4O15S2. The molecule has 0 spiro atoms. The van der Waals surface area contributed by atoms with Crippen molar-refractivity contribution in [3.8, 4) is 23.0 Å². The van der Waals surface area contributed by atoms with E-state index in [0.717, 1.165) is 20.1 Å². The summed E-state index contributed by atoms with van der Waals surface area (Å²) in [5.74, 6) is -0.486. The summed E-state index contributed by atoms with van der Waals surface area (Å²) < 4.78 is 65.2. The molecular weight excluding hydrogens is 1060 g/mol. The Balaban J connectivity index is 0.000000293. The summed E-state index contributed by atoms with van der Waals surface area (Å²) >= 11 is 0. The van der Waals surface area contributed by atoms with Crippen LogP contribution >= 0.6 is 0 Å². The number of nitrogens with two attached hydrogens (primary N) is 1. The number of hydroxylamine groups is 2. The van der Waals surface area contributed by atoms with E-state index in [4.69, 9.17) is 35.1 Å². The Morgan fingerprint density at radius 3 is 1.35 bits per heavy atom. The number of carbonyl (C=O) groups is 2. The number of nitrogens with zero attached hydrogens (tertiary/aromatic N) is 2. The molecule has 0 aliphatic heterocycles. The van der Waals surface area contributed by atoms with Crippen molar-refractivity contribution in [1.29, 1.82) is 0 Å². The maximum Gasteiger partial charge on any atom is 0.336 e. The van der Waals surface area contributed by atoms with Gasteiger partial charge < -0.3 is 46.1 Å². The van der Waals surface area contributed by atoms with Crippen LogP contribution in [0.1, 0.15) is 83.5 Å². The molecule has 8 N–H and O–H groups in total. The molecule has 0 bridgehead atoms. The molecule has 1 amide bonds. The number of phenols is 2. The van der Waals surface area contributed by atoms with E-state index in [2.05, 4.69) is 5.32 Å². The number of carboxylic acids is 1. The van der Waals surface area contributed by atoms with Crippen molar-refractivity contribution >= 4 is 31.9 Å². The molecule has 79 heavy (non-hydrogen) atoms. The van der Waals surface area contributed by atoms with Crippen LogP contribution in [-0.2, 0) is 42.6 Å². The van der Waals surface area contributed by atoms with Gasteiger partial charge in [-0.25, -0.2) is 21.6 Å². The molecule has 0 fully saturated rings. The first kappa shape index (κ1) is 64.6. The number of sulfonamides is 2. The monoisotopic (exact) mass is 1130 g/mol. The number of aliphatic hydroxyl groups is 2. The maximum atomic E-state index is 13.6. The zero-order chi connectivity index (χ0) is 58.5. The number of nitrogens with one attached hydrogen (secondary N) is 1. The standard InChI is InChI=1S/C29H36N2O7S.C21H30N2O5S.C8H8O3/c1-5-20(2)38-31(39(35,36)24-16-14-23(37-4)15-17-24)19-28(33)26(18-22-10-7-6-8-11-22)30-29(34)25-12-9-13-27(32)21(25)3;1-4-16(2)28-23(29(25,26)19-12-10-18(27-3)11-13-19)15-21(24)20(22)14-17-8-6-5-7-9-17;1-5-6(8(10)11)3-2-4-7(5)9/h6-17,20,26,28,32-33H,5,18-19H2,1-4H3,(H,30,34);5-13,16,20-21,24H,4,14-15,22H2,1-3H3;2-4,9H,1H3,(H,10,11)/t20?,26-,28+;16?,20-,21+;/m00./s1. The number of methoxy groups -OCH3 is 2. The van der Waals surface area contributed by atoms with Crippen LogP contribution in [0.4, 0.5) is 0 Å². The highest BCUT2D eigenvalue weighted by Crippen LogP contribution is 2.26. The number of amides is 1. The van der Waals surface area contributed by atoms with Crippen molar-refractivity contribution in [2.75, 3.05) is 27.3 Å². The second-order valence-corrected chi connectivity index (χ2v) is 22.1. The normalized spacial score (nSPS) is 13.8. The molecule has 0 heterocycles. The van der Waals surface area contributed by atoms with Gasteiger partial charge in [0.1, 0.15) is 23.0 Å². The van der Waals surface area contributed by atoms with E-state index in [1.807, 2.05) is 74.5 Å². The third-order valence-electron chi connectivity index (χ3n) is 12.6. The molecule has 2 unspecified atom stereocenters. The van der Waals surface area contributed by atoms with Gasteiger partial charge in [-0.05, 0) is 137 Å². The molecule has 0 radical (unpaired) electrons. The number of hydrogen-bond acceptors (Lipinski definition) is 15. The molecule has 21 heteroatoms. The van der Waals surface area contributed by atoms with Crippen LogP contribution < -0.4 is 20.5 Å². The molecule has 6 aromatic carbocycles. The number of hydrogen-bond donors (Lipinski definition) is 7. The Bertz CT molecular complexity index is 3060. The fraction of sp³-hybridized carbons (Fsp3) is 0.345. The minimum atomic E-state index is -4.18. The van der Waals surface area contributed by atoms with Gasteiger partial charge in [0.25, 0.3) is 26.0 Å². The Morgan fingerprint density at radius 1 is 0.570 bits per heavy atom. The number of aromatic hydroxyl groups is 2. The van der Waals surface area contributed by atoms with E-state index in [1.54, 1.807) is 52.0 Å². The Kier molecular flexibility index (Phi) is 25.4. The molecule has 6 rings (SSSR count). The predicted octanol–water partition coefficient (Wildman–Crippen LogP) is 7.58. The van der Waals surface area contributed by atoms with Gasteiger partial charge in [0.15, 0.2) is 0 Å². The molecule has 19 nitrogen and oxygen atoms in total. The smallest absolute Gasteiger partial charge is 0.336 e. The van der Waals surface area contributed by atoms with E-state index in [9.17, 15) is 41.7 Å². The topological polar surface area (TPSA) is 285 Å². The summed E-state index contributed by atoms with van der Waals surface area (Å²) in [7, 11) is -5.18. The summed E-state index contributed by atoms with van der Waals surface area (Å²) in [6.07, 6.45) is -1.46. The number of aromatic carboxylic acids is 1. The summed E-state index contributed by atoms with van der Waals surface area (Å²) in [5, 5.41) is 52.5. The molecule has 428 valence electrons. The largest absolute Gasteiger partial charge is 0.508 e. The first-order valence-corrected chi connectivity index (χ1v) is 28.3. The van der Waals surface area contributed by atoms with Crippen LogP contribution in [0.15, 0.2) is 155 Å². The van der Waals surface area contributed by atoms with Crippen LogP contribution in [-0.4, -0.2) is 127 Å². The van der Waals surface area contributed by atoms with Gasteiger partial charge in [0.2, 0.25) is 0 Å². The summed E-state index contributed by atoms with van der Waals surface area (Å²) in [6.45, 7) is 9.73. The second-order valence-electron chi connectivity index (χ2n) is 18.4. The molecule has 0 aromatic heterocycles. The van der Waals surface area contributed by atoms with E-state index in [1.165, 1.54) is 74.9 Å². The first-order chi connectivity index (χ1) is 37.5. The number of aliphatic hydroxyl groups excluding tert-OH is 2. The molecule has 0 aliphatic rings. The van der Waals surface area contributed by atoms with Gasteiger partial charge in [0.05, 0.1) is 73.1 Å². The minimum absolute atomic E-state index is 0.0184. The number of carbonyl (C=O) groups excluding carboxylic acids is 1. The summed E-state index contributed by atoms with van der Waals surface area (Å²) in [6, 6.07) is 38.1. The van der Waals surface area contributed by atoms with Crippen molar-refractivity contribution in [2.24, 2.45) is 5.73 Å². The average molecular weight is 1130 g/mol. The lowest BCUT2D eigenvalue weighted by Gasteiger charge is -2.30. The third kappa shape index (κ3) is 19.2. The quantitative estimate of drug-likeness (QED) is 0.0272. The van der Waals surface area contributed by atoms with Crippen molar-refractivity contribution in [3.63, 3.8) is 0 Å². The average Bonchev–Trinajstić information content (AvgIpc) is 3.46. The fourth-order valence-corrected chi connectivity index (χ4v) is 10.0. The lowest BCUT2D eigenvalue weighted by molar-refractivity contribution is -0.142. The van der Waals surface area contributed by atoms with Gasteiger partial charge in [-0.15, -0.1) is 0 Å². The number of ether oxygens (including phenoxy) is 2. The van der Waals surface area contributed by atoms with Crippen LogP contribution in [0.25, 0.3) is 0 Å². The fourth-order valence-electron chi connectivity index (χ4n) is 7.39. The highest BCUT2D eigenvalue weighted by molar-refractivity contribution is 7.89. The molecule has 0 saturated carbocycles. The van der Waals surface area contributed by atoms with Gasteiger partial charge in [-0.2, -0.15) is 0 Å². The van der Waals surface area contributed by atoms with E-state index >= 15 is 0 Å². The zero-order valence-corrected chi connectivity index (χ0v) is 47.3. The number of phenolic OH excluding ortho intramolecular Hbond substituents is 2. The minimum Gasteiger partial charge on any atom is -0.508 e. The van der Waals surface area contributed by atoms with Crippen LogP contribution in [0.2, 0.25) is 0 Å². The van der Waals surface area contributed by atoms with Crippen molar-refractivity contribution in [1.82, 2.24) is 14.3 Å². The van der Waals surface area contributed by atoms with Gasteiger partial charge in [-0.3, -0.25) is 14.5 Å².